The molecular formula is C10H15Cl2N3O. The van der Waals surface area contributed by atoms with Crippen molar-refractivity contribution in [2.24, 2.45) is 7.05 Å². The number of hydrogen-bond donors (Lipinski definition) is 1. The van der Waals surface area contributed by atoms with Crippen molar-refractivity contribution < 1.29 is 4.79 Å². The van der Waals surface area contributed by atoms with Crippen LogP contribution < -0.4 is 5.32 Å². The van der Waals surface area contributed by atoms with E-state index in [1.54, 1.807) is 31.8 Å². The summed E-state index contributed by atoms with van der Waals surface area (Å²) in [6.07, 6.45) is 1.67. The highest BCUT2D eigenvalue weighted by Crippen LogP contribution is 2.12. The first-order chi connectivity index (χ1) is 7.41. The van der Waals surface area contributed by atoms with Gasteiger partial charge in [-0.05, 0) is 13.8 Å². The number of carbonyl (C=O) groups is 1. The van der Waals surface area contributed by atoms with E-state index < -0.39 is 5.54 Å². The third-order valence-corrected chi connectivity index (χ3v) is 3.44. The molecule has 1 N–H and O–H groups in total. The molecule has 0 aliphatic carbocycles. The van der Waals surface area contributed by atoms with Crippen LogP contribution in [0.4, 0.5) is 0 Å². The van der Waals surface area contributed by atoms with Crippen LogP contribution in [-0.4, -0.2) is 33.0 Å². The van der Waals surface area contributed by atoms with Gasteiger partial charge in [0.05, 0.1) is 16.8 Å². The summed E-state index contributed by atoms with van der Waals surface area (Å²) in [5.74, 6) is 0.331. The highest BCUT2D eigenvalue weighted by atomic mass is 35.5. The molecule has 1 amide bonds. The molecule has 1 rings (SSSR count). The van der Waals surface area contributed by atoms with E-state index in [4.69, 9.17) is 23.2 Å². The van der Waals surface area contributed by atoms with Crippen LogP contribution in [-0.2, 0) is 7.05 Å². The lowest BCUT2D eigenvalue weighted by Crippen LogP contribution is -2.49. The molecular weight excluding hydrogens is 249 g/mol. The molecule has 1 aromatic heterocycles. The Bertz CT molecular complexity index is 385. The lowest BCUT2D eigenvalue weighted by atomic mass is 10.1. The Morgan fingerprint density at radius 2 is 2.12 bits per heavy atom. The minimum Gasteiger partial charge on any atom is -0.344 e. The highest BCUT2D eigenvalue weighted by molar-refractivity contribution is 6.22. The van der Waals surface area contributed by atoms with Gasteiger partial charge in [0.15, 0.2) is 0 Å². The number of aryl methyl sites for hydroxylation is 2. The van der Waals surface area contributed by atoms with Crippen LogP contribution in [0, 0.1) is 6.92 Å². The molecule has 6 heteroatoms. The molecule has 0 aliphatic rings. The van der Waals surface area contributed by atoms with Gasteiger partial charge in [-0.15, -0.1) is 23.2 Å². The predicted molar refractivity (Wildman–Crippen MR) is 65.3 cm³/mol. The van der Waals surface area contributed by atoms with Gasteiger partial charge >= 0.3 is 0 Å². The minimum absolute atomic E-state index is 0.200. The van der Waals surface area contributed by atoms with E-state index in [1.165, 1.54) is 0 Å². The molecule has 0 fully saturated rings. The summed E-state index contributed by atoms with van der Waals surface area (Å²) in [6.45, 7) is 3.59. The number of hydrogen-bond acceptors (Lipinski definition) is 2. The Kier molecular flexibility index (Phi) is 4.21. The first-order valence-electron chi connectivity index (χ1n) is 4.86. The summed E-state index contributed by atoms with van der Waals surface area (Å²) < 4.78 is 1.60. The van der Waals surface area contributed by atoms with E-state index in [1.807, 2.05) is 0 Å². The van der Waals surface area contributed by atoms with Crippen molar-refractivity contribution in [1.82, 2.24) is 15.1 Å². The summed E-state index contributed by atoms with van der Waals surface area (Å²) >= 11 is 11.5. The quantitative estimate of drug-likeness (QED) is 0.841. The van der Waals surface area contributed by atoms with Crippen molar-refractivity contribution in [2.45, 2.75) is 19.4 Å². The summed E-state index contributed by atoms with van der Waals surface area (Å²) in [4.78, 5) is 11.9. The Morgan fingerprint density at radius 3 is 2.50 bits per heavy atom. The van der Waals surface area contributed by atoms with Crippen LogP contribution in [0.1, 0.15) is 23.0 Å². The minimum atomic E-state index is -0.595. The van der Waals surface area contributed by atoms with Gasteiger partial charge < -0.3 is 5.32 Å². The molecule has 1 aromatic rings. The van der Waals surface area contributed by atoms with Gasteiger partial charge in [0, 0.05) is 25.0 Å². The first-order valence-corrected chi connectivity index (χ1v) is 5.93. The molecule has 1 heterocycles. The number of alkyl halides is 2. The van der Waals surface area contributed by atoms with Gasteiger partial charge in [-0.2, -0.15) is 5.10 Å². The number of rotatable bonds is 4. The van der Waals surface area contributed by atoms with Gasteiger partial charge in [0.2, 0.25) is 0 Å². The molecule has 0 atom stereocenters. The van der Waals surface area contributed by atoms with E-state index in [2.05, 4.69) is 10.4 Å². The summed E-state index contributed by atoms with van der Waals surface area (Å²) in [6, 6.07) is 0. The SMILES string of the molecule is Cc1nn(C)cc1C(=O)NC(C)(CCl)CCl. The molecule has 0 radical (unpaired) electrons. The van der Waals surface area contributed by atoms with Crippen LogP contribution in [0.2, 0.25) is 0 Å². The molecule has 0 aromatic carbocycles. The molecule has 0 unspecified atom stereocenters. The number of nitrogens with zero attached hydrogens (tertiary/aromatic N) is 2. The Hall–Kier alpha value is -0.740. The third kappa shape index (κ3) is 2.89. The molecule has 16 heavy (non-hydrogen) atoms. The topological polar surface area (TPSA) is 46.9 Å². The highest BCUT2D eigenvalue weighted by Gasteiger charge is 2.26. The Morgan fingerprint density at radius 1 is 1.56 bits per heavy atom. The number of aromatic nitrogens is 2. The van der Waals surface area contributed by atoms with Crippen molar-refractivity contribution in [1.29, 1.82) is 0 Å². The zero-order valence-corrected chi connectivity index (χ0v) is 11.1. The zero-order chi connectivity index (χ0) is 12.3. The second-order valence-corrected chi connectivity index (χ2v) is 4.62. The van der Waals surface area contributed by atoms with Gasteiger partial charge in [0.25, 0.3) is 5.91 Å². The van der Waals surface area contributed by atoms with Crippen LogP contribution in [0.25, 0.3) is 0 Å². The van der Waals surface area contributed by atoms with Crippen LogP contribution in [0.5, 0.6) is 0 Å². The Balaban J connectivity index is 2.84. The average molecular weight is 264 g/mol. The standard InChI is InChI=1S/C10H15Cl2N3O/c1-7-8(4-15(3)14-7)9(16)13-10(2,5-11)6-12/h4H,5-6H2,1-3H3,(H,13,16). The fourth-order valence-corrected chi connectivity index (χ4v) is 1.69. The predicted octanol–water partition coefficient (Wildman–Crippen LogP) is 1.69. The second kappa shape index (κ2) is 5.06. The lowest BCUT2D eigenvalue weighted by molar-refractivity contribution is 0.0920. The molecule has 0 saturated heterocycles. The number of amides is 1. The number of halogens is 2. The zero-order valence-electron chi connectivity index (χ0n) is 9.55. The second-order valence-electron chi connectivity index (χ2n) is 4.08. The van der Waals surface area contributed by atoms with E-state index in [9.17, 15) is 4.79 Å². The van der Waals surface area contributed by atoms with Crippen molar-refractivity contribution in [3.63, 3.8) is 0 Å². The average Bonchev–Trinajstić information content (AvgIpc) is 2.57. The molecule has 4 nitrogen and oxygen atoms in total. The van der Waals surface area contributed by atoms with Gasteiger partial charge in [-0.3, -0.25) is 9.48 Å². The summed E-state index contributed by atoms with van der Waals surface area (Å²) in [7, 11) is 1.77. The fourth-order valence-electron chi connectivity index (χ4n) is 1.27. The summed E-state index contributed by atoms with van der Waals surface area (Å²) in [5, 5.41) is 6.91. The normalized spacial score (nSPS) is 11.6. The Labute approximate surface area is 105 Å². The maximum absolute atomic E-state index is 11.9. The van der Waals surface area contributed by atoms with Crippen LogP contribution in [0.3, 0.4) is 0 Å². The molecule has 0 bridgehead atoms. The maximum Gasteiger partial charge on any atom is 0.255 e. The monoisotopic (exact) mass is 263 g/mol. The maximum atomic E-state index is 11.9. The van der Waals surface area contributed by atoms with E-state index in [0.717, 1.165) is 0 Å². The van der Waals surface area contributed by atoms with E-state index in [0.29, 0.717) is 11.3 Å². The van der Waals surface area contributed by atoms with Crippen molar-refractivity contribution in [2.75, 3.05) is 11.8 Å². The van der Waals surface area contributed by atoms with Crippen LogP contribution in [0.15, 0.2) is 6.20 Å². The molecule has 0 saturated carbocycles. The molecule has 0 aliphatic heterocycles. The largest absolute Gasteiger partial charge is 0.344 e. The summed E-state index contributed by atoms with van der Waals surface area (Å²) in [5.41, 5.74) is 0.637. The molecule has 90 valence electrons. The molecule has 0 spiro atoms. The van der Waals surface area contributed by atoms with E-state index >= 15 is 0 Å². The van der Waals surface area contributed by atoms with E-state index in [-0.39, 0.29) is 17.7 Å². The van der Waals surface area contributed by atoms with Crippen molar-refractivity contribution in [3.8, 4) is 0 Å². The van der Waals surface area contributed by atoms with Crippen molar-refractivity contribution in [3.05, 3.63) is 17.5 Å². The third-order valence-electron chi connectivity index (χ3n) is 2.26. The number of carbonyl (C=O) groups excluding carboxylic acids is 1. The van der Waals surface area contributed by atoms with Crippen LogP contribution >= 0.6 is 23.2 Å². The fraction of sp³-hybridized carbons (Fsp3) is 0.600. The van der Waals surface area contributed by atoms with Gasteiger partial charge in [-0.1, -0.05) is 0 Å². The van der Waals surface area contributed by atoms with Crippen molar-refractivity contribution >= 4 is 29.1 Å². The lowest BCUT2D eigenvalue weighted by Gasteiger charge is -2.25. The van der Waals surface area contributed by atoms with Gasteiger partial charge in [-0.25, -0.2) is 0 Å². The first kappa shape index (κ1) is 13.3. The number of nitrogens with one attached hydrogen (secondary N) is 1. The van der Waals surface area contributed by atoms with Gasteiger partial charge in [0.1, 0.15) is 0 Å². The smallest absolute Gasteiger partial charge is 0.255 e.